The summed E-state index contributed by atoms with van der Waals surface area (Å²) in [5, 5.41) is 3.34. The number of nitrogens with one attached hydrogen (secondary N) is 1. The van der Waals surface area contributed by atoms with Gasteiger partial charge < -0.3 is 5.32 Å². The molecular formula is C16H27NO. The first-order chi connectivity index (χ1) is 8.63. The Morgan fingerprint density at radius 2 is 1.89 bits per heavy atom. The highest BCUT2D eigenvalue weighted by atomic mass is 16.1. The van der Waals surface area contributed by atoms with Gasteiger partial charge in [0.25, 0.3) is 0 Å². The molecular weight excluding hydrogens is 222 g/mol. The first kappa shape index (κ1) is 12.5. The fourth-order valence-corrected chi connectivity index (χ4v) is 5.59. The summed E-state index contributed by atoms with van der Waals surface area (Å²) in [5.41, 5.74) is 0.469. The summed E-state index contributed by atoms with van der Waals surface area (Å²) in [7, 11) is 0. The molecule has 4 aliphatic carbocycles. The molecule has 1 N–H and O–H groups in total. The number of rotatable bonds is 4. The Kier molecular flexibility index (Phi) is 3.15. The van der Waals surface area contributed by atoms with E-state index >= 15 is 0 Å². The molecule has 5 atom stereocenters. The highest BCUT2D eigenvalue weighted by molar-refractivity contribution is 5.73. The Balaban J connectivity index is 1.83. The second-order valence-electron chi connectivity index (χ2n) is 7.25. The predicted octanol–water partition coefficient (Wildman–Crippen LogP) is 3.51. The smallest absolute Gasteiger partial charge is 0.217 e. The minimum Gasteiger partial charge on any atom is -0.353 e. The first-order valence-corrected chi connectivity index (χ1v) is 7.90. The molecule has 2 heteroatoms. The molecule has 0 aromatic rings. The minimum absolute atomic E-state index is 0.184. The Morgan fingerprint density at radius 1 is 1.22 bits per heavy atom. The zero-order valence-corrected chi connectivity index (χ0v) is 11.9. The lowest BCUT2D eigenvalue weighted by Gasteiger charge is -2.61. The standard InChI is InChI=1S/C16H27NO/c1-3-4-5-16-9-12-6-13(10-16)8-14(7-12)15(16)17-11(2)18/h12-15H,3-10H2,1-2H3,(H,17,18)/t12-,13+,14?,15?,16?. The largest absolute Gasteiger partial charge is 0.353 e. The third-order valence-electron chi connectivity index (χ3n) is 5.85. The topological polar surface area (TPSA) is 29.1 Å². The predicted molar refractivity (Wildman–Crippen MR) is 73.1 cm³/mol. The number of amides is 1. The van der Waals surface area contributed by atoms with Crippen molar-refractivity contribution < 1.29 is 4.79 Å². The van der Waals surface area contributed by atoms with Crippen LogP contribution in [0.3, 0.4) is 0 Å². The Labute approximate surface area is 111 Å². The number of hydrogen-bond donors (Lipinski definition) is 1. The van der Waals surface area contributed by atoms with Gasteiger partial charge in [0.05, 0.1) is 0 Å². The normalized spacial score (nSPS) is 45.2. The van der Waals surface area contributed by atoms with Crippen molar-refractivity contribution in [1.82, 2.24) is 5.32 Å². The van der Waals surface area contributed by atoms with Crippen LogP contribution in [-0.2, 0) is 4.79 Å². The molecule has 3 unspecified atom stereocenters. The number of carbonyl (C=O) groups is 1. The van der Waals surface area contributed by atoms with Crippen molar-refractivity contribution in [1.29, 1.82) is 0 Å². The van der Waals surface area contributed by atoms with Crippen molar-refractivity contribution in [2.24, 2.45) is 23.2 Å². The fraction of sp³-hybridized carbons (Fsp3) is 0.938. The highest BCUT2D eigenvalue weighted by Gasteiger charge is 2.56. The van der Waals surface area contributed by atoms with Crippen LogP contribution >= 0.6 is 0 Å². The molecule has 102 valence electrons. The van der Waals surface area contributed by atoms with Gasteiger partial charge in [0.1, 0.15) is 0 Å². The first-order valence-electron chi connectivity index (χ1n) is 7.90. The van der Waals surface area contributed by atoms with E-state index in [1.54, 1.807) is 6.92 Å². The zero-order valence-electron chi connectivity index (χ0n) is 11.9. The second kappa shape index (κ2) is 4.54. The SMILES string of the molecule is CCCCC12C[C@@H]3CC(C[C@@H](C3)C1)C2NC(C)=O. The number of carbonyl (C=O) groups excluding carboxylic acids is 1. The van der Waals surface area contributed by atoms with Crippen LogP contribution in [0.2, 0.25) is 0 Å². The Bertz CT molecular complexity index is 324. The third kappa shape index (κ3) is 1.98. The van der Waals surface area contributed by atoms with Gasteiger partial charge in [-0.2, -0.15) is 0 Å². The van der Waals surface area contributed by atoms with Crippen molar-refractivity contribution >= 4 is 5.91 Å². The summed E-state index contributed by atoms with van der Waals surface area (Å²) in [6.07, 6.45) is 11.0. The lowest BCUT2D eigenvalue weighted by Crippen LogP contribution is -2.61. The van der Waals surface area contributed by atoms with Crippen molar-refractivity contribution in [3.8, 4) is 0 Å². The summed E-state index contributed by atoms with van der Waals surface area (Å²) in [6, 6.07) is 0.495. The average molecular weight is 249 g/mol. The van der Waals surface area contributed by atoms with Gasteiger partial charge in [-0.3, -0.25) is 4.79 Å². The molecule has 4 bridgehead atoms. The molecule has 0 saturated heterocycles. The van der Waals surface area contributed by atoms with Crippen LogP contribution in [-0.4, -0.2) is 11.9 Å². The zero-order chi connectivity index (χ0) is 12.8. The van der Waals surface area contributed by atoms with Crippen molar-refractivity contribution in [3.63, 3.8) is 0 Å². The Hall–Kier alpha value is -0.530. The molecule has 18 heavy (non-hydrogen) atoms. The molecule has 4 saturated carbocycles. The van der Waals surface area contributed by atoms with E-state index in [1.165, 1.54) is 51.4 Å². The summed E-state index contributed by atoms with van der Waals surface area (Å²) < 4.78 is 0. The van der Waals surface area contributed by atoms with Gasteiger partial charge in [0.2, 0.25) is 5.91 Å². The molecule has 0 aliphatic heterocycles. The third-order valence-corrected chi connectivity index (χ3v) is 5.85. The fourth-order valence-electron chi connectivity index (χ4n) is 5.59. The van der Waals surface area contributed by atoms with Gasteiger partial charge in [0, 0.05) is 13.0 Å². The van der Waals surface area contributed by atoms with E-state index in [0.717, 1.165) is 17.8 Å². The molecule has 0 heterocycles. The molecule has 0 aromatic carbocycles. The van der Waals surface area contributed by atoms with Gasteiger partial charge in [0.15, 0.2) is 0 Å². The van der Waals surface area contributed by atoms with Gasteiger partial charge in [-0.15, -0.1) is 0 Å². The van der Waals surface area contributed by atoms with E-state index in [4.69, 9.17) is 0 Å². The van der Waals surface area contributed by atoms with Gasteiger partial charge in [-0.1, -0.05) is 19.8 Å². The van der Waals surface area contributed by atoms with E-state index in [9.17, 15) is 4.79 Å². The van der Waals surface area contributed by atoms with Crippen LogP contribution in [0.5, 0.6) is 0 Å². The molecule has 0 radical (unpaired) electrons. The quantitative estimate of drug-likeness (QED) is 0.811. The van der Waals surface area contributed by atoms with Gasteiger partial charge in [-0.05, 0) is 61.7 Å². The van der Waals surface area contributed by atoms with Gasteiger partial charge >= 0.3 is 0 Å². The van der Waals surface area contributed by atoms with Crippen LogP contribution in [0.15, 0.2) is 0 Å². The van der Waals surface area contributed by atoms with E-state index in [1.807, 2.05) is 0 Å². The summed E-state index contributed by atoms with van der Waals surface area (Å²) >= 11 is 0. The molecule has 4 aliphatic rings. The maximum absolute atomic E-state index is 11.5. The molecule has 0 spiro atoms. The van der Waals surface area contributed by atoms with Crippen LogP contribution in [0.25, 0.3) is 0 Å². The van der Waals surface area contributed by atoms with E-state index in [-0.39, 0.29) is 5.91 Å². The monoisotopic (exact) mass is 249 g/mol. The molecule has 0 aromatic heterocycles. The molecule has 1 amide bonds. The average Bonchev–Trinajstić information content (AvgIpc) is 2.30. The highest BCUT2D eigenvalue weighted by Crippen LogP contribution is 2.61. The Morgan fingerprint density at radius 3 is 2.44 bits per heavy atom. The van der Waals surface area contributed by atoms with Gasteiger partial charge in [-0.25, -0.2) is 0 Å². The number of unbranched alkanes of at least 4 members (excludes halogenated alkanes) is 1. The van der Waals surface area contributed by atoms with Crippen molar-refractivity contribution in [2.75, 3.05) is 0 Å². The molecule has 2 nitrogen and oxygen atoms in total. The summed E-state index contributed by atoms with van der Waals surface area (Å²) in [5.74, 6) is 2.93. The molecule has 4 rings (SSSR count). The summed E-state index contributed by atoms with van der Waals surface area (Å²) in [6.45, 7) is 3.98. The van der Waals surface area contributed by atoms with E-state index in [2.05, 4.69) is 12.2 Å². The van der Waals surface area contributed by atoms with Crippen LogP contribution in [0.4, 0.5) is 0 Å². The van der Waals surface area contributed by atoms with Crippen LogP contribution in [0.1, 0.15) is 65.2 Å². The van der Waals surface area contributed by atoms with Crippen LogP contribution in [0, 0.1) is 23.2 Å². The minimum atomic E-state index is 0.184. The lowest BCUT2D eigenvalue weighted by atomic mass is 9.46. The van der Waals surface area contributed by atoms with Crippen molar-refractivity contribution in [3.05, 3.63) is 0 Å². The maximum Gasteiger partial charge on any atom is 0.217 e. The van der Waals surface area contributed by atoms with Crippen molar-refractivity contribution in [2.45, 2.75) is 71.3 Å². The second-order valence-corrected chi connectivity index (χ2v) is 7.25. The number of hydrogen-bond acceptors (Lipinski definition) is 1. The summed E-state index contributed by atoms with van der Waals surface area (Å²) in [4.78, 5) is 11.5. The van der Waals surface area contributed by atoms with E-state index in [0.29, 0.717) is 11.5 Å². The maximum atomic E-state index is 11.5. The lowest BCUT2D eigenvalue weighted by molar-refractivity contribution is -0.129. The van der Waals surface area contributed by atoms with E-state index < -0.39 is 0 Å². The molecule has 4 fully saturated rings. The van der Waals surface area contributed by atoms with Crippen LogP contribution < -0.4 is 5.32 Å².